The molecule has 4 nitrogen and oxygen atoms in total. The van der Waals surface area contributed by atoms with Gasteiger partial charge >= 0.3 is 5.97 Å². The summed E-state index contributed by atoms with van der Waals surface area (Å²) in [6.45, 7) is 5.86. The van der Waals surface area contributed by atoms with Crippen LogP contribution in [0.5, 0.6) is 0 Å². The molecule has 0 aliphatic carbocycles. The molecule has 1 amide bonds. The molecule has 0 spiro atoms. The van der Waals surface area contributed by atoms with E-state index in [1.54, 1.807) is 6.92 Å². The zero-order valence-electron chi connectivity index (χ0n) is 12.3. The maximum Gasteiger partial charge on any atom is 0.308 e. The molecule has 1 rings (SSSR count). The number of aryl methyl sites for hydroxylation is 1. The van der Waals surface area contributed by atoms with Gasteiger partial charge in [-0.1, -0.05) is 45.0 Å². The van der Waals surface area contributed by atoms with Crippen LogP contribution in [0.3, 0.4) is 0 Å². The number of carbonyl (C=O) groups is 2. The van der Waals surface area contributed by atoms with Crippen LogP contribution >= 0.6 is 0 Å². The van der Waals surface area contributed by atoms with E-state index in [1.807, 2.05) is 6.92 Å². The Morgan fingerprint density at radius 1 is 1.20 bits per heavy atom. The van der Waals surface area contributed by atoms with Gasteiger partial charge in [0, 0.05) is 13.0 Å². The fourth-order valence-electron chi connectivity index (χ4n) is 1.90. The summed E-state index contributed by atoms with van der Waals surface area (Å²) in [6, 6.07) is 8.26. The average Bonchev–Trinajstić information content (AvgIpc) is 2.44. The Morgan fingerprint density at radius 2 is 1.80 bits per heavy atom. The SMILES string of the molecule is CCc1ccc(C(C)CC(=O)NCC(C)C(=O)O)cc1. The first kappa shape index (κ1) is 16.2. The Labute approximate surface area is 120 Å². The number of amides is 1. The van der Waals surface area contributed by atoms with E-state index < -0.39 is 11.9 Å². The van der Waals surface area contributed by atoms with E-state index in [4.69, 9.17) is 5.11 Å². The molecule has 110 valence electrons. The van der Waals surface area contributed by atoms with Crippen molar-refractivity contribution in [2.75, 3.05) is 6.54 Å². The third-order valence-electron chi connectivity index (χ3n) is 3.48. The van der Waals surface area contributed by atoms with E-state index in [0.717, 1.165) is 12.0 Å². The quantitative estimate of drug-likeness (QED) is 0.805. The van der Waals surface area contributed by atoms with Crippen LogP contribution < -0.4 is 5.32 Å². The minimum Gasteiger partial charge on any atom is -0.481 e. The van der Waals surface area contributed by atoms with Gasteiger partial charge in [0.2, 0.25) is 5.91 Å². The Bertz CT molecular complexity index is 453. The predicted octanol–water partition coefficient (Wildman–Crippen LogP) is 2.58. The maximum atomic E-state index is 11.8. The van der Waals surface area contributed by atoms with E-state index in [9.17, 15) is 9.59 Å². The summed E-state index contributed by atoms with van der Waals surface area (Å²) in [4.78, 5) is 22.4. The highest BCUT2D eigenvalue weighted by Gasteiger charge is 2.14. The number of hydrogen-bond donors (Lipinski definition) is 2. The van der Waals surface area contributed by atoms with Crippen LogP contribution in [0.15, 0.2) is 24.3 Å². The maximum absolute atomic E-state index is 11.8. The molecular formula is C16H23NO3. The molecule has 2 atom stereocenters. The molecule has 1 aromatic rings. The lowest BCUT2D eigenvalue weighted by atomic mass is 9.96. The van der Waals surface area contributed by atoms with Crippen molar-refractivity contribution < 1.29 is 14.7 Å². The van der Waals surface area contributed by atoms with E-state index in [2.05, 4.69) is 36.5 Å². The van der Waals surface area contributed by atoms with Gasteiger partial charge in [-0.15, -0.1) is 0 Å². The molecule has 0 saturated carbocycles. The van der Waals surface area contributed by atoms with E-state index in [0.29, 0.717) is 6.42 Å². The van der Waals surface area contributed by atoms with Gasteiger partial charge in [-0.05, 0) is 23.5 Å². The molecular weight excluding hydrogens is 254 g/mol. The molecule has 0 bridgehead atoms. The van der Waals surface area contributed by atoms with Gasteiger partial charge in [0.05, 0.1) is 5.92 Å². The lowest BCUT2D eigenvalue weighted by molar-refractivity contribution is -0.141. The van der Waals surface area contributed by atoms with Crippen molar-refractivity contribution >= 4 is 11.9 Å². The fourth-order valence-corrected chi connectivity index (χ4v) is 1.90. The van der Waals surface area contributed by atoms with Crippen LogP contribution in [-0.2, 0) is 16.0 Å². The summed E-state index contributed by atoms with van der Waals surface area (Å²) in [7, 11) is 0. The highest BCUT2D eigenvalue weighted by molar-refractivity contribution is 5.78. The Morgan fingerprint density at radius 3 is 2.30 bits per heavy atom. The lowest BCUT2D eigenvalue weighted by Gasteiger charge is -2.13. The molecule has 20 heavy (non-hydrogen) atoms. The Balaban J connectivity index is 2.46. The second kappa shape index (κ2) is 7.68. The van der Waals surface area contributed by atoms with Gasteiger partial charge in [0.15, 0.2) is 0 Å². The first-order valence-corrected chi connectivity index (χ1v) is 7.02. The van der Waals surface area contributed by atoms with Crippen LogP contribution in [-0.4, -0.2) is 23.5 Å². The third-order valence-corrected chi connectivity index (χ3v) is 3.48. The summed E-state index contributed by atoms with van der Waals surface area (Å²) in [5.74, 6) is -1.43. The number of aliphatic carboxylic acids is 1. The van der Waals surface area contributed by atoms with Crippen molar-refractivity contribution in [3.05, 3.63) is 35.4 Å². The van der Waals surface area contributed by atoms with E-state index >= 15 is 0 Å². The van der Waals surface area contributed by atoms with Crippen molar-refractivity contribution in [1.82, 2.24) is 5.32 Å². The molecule has 0 heterocycles. The number of hydrogen-bond acceptors (Lipinski definition) is 2. The summed E-state index contributed by atoms with van der Waals surface area (Å²) < 4.78 is 0. The summed E-state index contributed by atoms with van der Waals surface area (Å²) in [5, 5.41) is 11.4. The highest BCUT2D eigenvalue weighted by Crippen LogP contribution is 2.19. The van der Waals surface area contributed by atoms with Gasteiger partial charge in [0.1, 0.15) is 0 Å². The number of rotatable bonds is 7. The zero-order valence-corrected chi connectivity index (χ0v) is 12.3. The number of carboxylic acids is 1. The van der Waals surface area contributed by atoms with Gasteiger partial charge in [-0.25, -0.2) is 0 Å². The molecule has 2 N–H and O–H groups in total. The average molecular weight is 277 g/mol. The third kappa shape index (κ3) is 5.03. The smallest absolute Gasteiger partial charge is 0.308 e. The second-order valence-corrected chi connectivity index (χ2v) is 5.24. The van der Waals surface area contributed by atoms with Crippen LogP contribution in [0.4, 0.5) is 0 Å². The normalized spacial score (nSPS) is 13.6. The van der Waals surface area contributed by atoms with Crippen LogP contribution in [0.25, 0.3) is 0 Å². The molecule has 0 saturated heterocycles. The standard InChI is InChI=1S/C16H23NO3/c1-4-13-5-7-14(8-6-13)11(2)9-15(18)17-10-12(3)16(19)20/h5-8,11-12H,4,9-10H2,1-3H3,(H,17,18)(H,19,20). The van der Waals surface area contributed by atoms with E-state index in [-0.39, 0.29) is 18.4 Å². The largest absolute Gasteiger partial charge is 0.481 e. The molecule has 0 aliphatic rings. The van der Waals surface area contributed by atoms with E-state index in [1.165, 1.54) is 5.56 Å². The summed E-state index contributed by atoms with van der Waals surface area (Å²) in [6.07, 6.45) is 1.38. The molecule has 1 aromatic carbocycles. The van der Waals surface area contributed by atoms with Gasteiger partial charge < -0.3 is 10.4 Å². The fraction of sp³-hybridized carbons (Fsp3) is 0.500. The molecule has 2 unspecified atom stereocenters. The lowest BCUT2D eigenvalue weighted by Crippen LogP contribution is -2.32. The second-order valence-electron chi connectivity index (χ2n) is 5.24. The topological polar surface area (TPSA) is 66.4 Å². The van der Waals surface area contributed by atoms with Gasteiger partial charge in [-0.2, -0.15) is 0 Å². The molecule has 0 aromatic heterocycles. The number of nitrogens with one attached hydrogen (secondary N) is 1. The number of benzene rings is 1. The summed E-state index contributed by atoms with van der Waals surface area (Å²) >= 11 is 0. The zero-order chi connectivity index (χ0) is 15.1. The minimum atomic E-state index is -0.895. The number of carbonyl (C=O) groups excluding carboxylic acids is 1. The molecule has 0 radical (unpaired) electrons. The predicted molar refractivity (Wildman–Crippen MR) is 78.7 cm³/mol. The van der Waals surface area contributed by atoms with Crippen LogP contribution in [0.1, 0.15) is 44.2 Å². The first-order chi connectivity index (χ1) is 9.43. The molecule has 0 aliphatic heterocycles. The van der Waals surface area contributed by atoms with Crippen molar-refractivity contribution in [3.8, 4) is 0 Å². The Kier molecular flexibility index (Phi) is 6.22. The summed E-state index contributed by atoms with van der Waals surface area (Å²) in [5.41, 5.74) is 2.41. The molecule has 4 heteroatoms. The van der Waals surface area contributed by atoms with Crippen molar-refractivity contribution in [2.24, 2.45) is 5.92 Å². The van der Waals surface area contributed by atoms with Crippen molar-refractivity contribution in [3.63, 3.8) is 0 Å². The van der Waals surface area contributed by atoms with Gasteiger partial charge in [-0.3, -0.25) is 9.59 Å². The molecule has 0 fully saturated rings. The van der Waals surface area contributed by atoms with Gasteiger partial charge in [0.25, 0.3) is 0 Å². The number of carboxylic acid groups (broad SMARTS) is 1. The van der Waals surface area contributed by atoms with Crippen molar-refractivity contribution in [1.29, 1.82) is 0 Å². The minimum absolute atomic E-state index is 0.106. The monoisotopic (exact) mass is 277 g/mol. The highest BCUT2D eigenvalue weighted by atomic mass is 16.4. The van der Waals surface area contributed by atoms with Crippen LogP contribution in [0, 0.1) is 5.92 Å². The van der Waals surface area contributed by atoms with Crippen LogP contribution in [0.2, 0.25) is 0 Å². The first-order valence-electron chi connectivity index (χ1n) is 7.02. The Hall–Kier alpha value is -1.84. The van der Waals surface area contributed by atoms with Crippen molar-refractivity contribution in [2.45, 2.75) is 39.5 Å².